The van der Waals surface area contributed by atoms with Crippen molar-refractivity contribution < 1.29 is 9.47 Å². The van der Waals surface area contributed by atoms with Crippen molar-refractivity contribution in [2.75, 3.05) is 11.9 Å². The van der Waals surface area contributed by atoms with Crippen LogP contribution in [0.3, 0.4) is 0 Å². The molecule has 1 atom stereocenters. The summed E-state index contributed by atoms with van der Waals surface area (Å²) in [7, 11) is 0. The molecule has 1 heterocycles. The van der Waals surface area contributed by atoms with Crippen molar-refractivity contribution in [3.63, 3.8) is 0 Å². The summed E-state index contributed by atoms with van der Waals surface area (Å²) >= 11 is 3.44. The molecule has 1 saturated carbocycles. The minimum absolute atomic E-state index is 0.228. The van der Waals surface area contributed by atoms with Crippen LogP contribution in [0.15, 0.2) is 0 Å². The average Bonchev–Trinajstić information content (AvgIpc) is 2.56. The maximum absolute atomic E-state index is 5.96. The van der Waals surface area contributed by atoms with Crippen LogP contribution in [-0.4, -0.2) is 23.8 Å². The highest BCUT2D eigenvalue weighted by Gasteiger charge is 2.45. The van der Waals surface area contributed by atoms with Gasteiger partial charge in [-0.05, 0) is 18.3 Å². The zero-order chi connectivity index (χ0) is 10.2. The molecule has 2 aliphatic rings. The Morgan fingerprint density at radius 2 is 1.86 bits per heavy atom. The van der Waals surface area contributed by atoms with E-state index < -0.39 is 0 Å². The summed E-state index contributed by atoms with van der Waals surface area (Å²) in [5, 5.41) is 0.887. The summed E-state index contributed by atoms with van der Waals surface area (Å²) in [5.74, 6) is -0.228. The van der Waals surface area contributed by atoms with E-state index >= 15 is 0 Å². The van der Waals surface area contributed by atoms with Gasteiger partial charge in [-0.3, -0.25) is 0 Å². The average molecular weight is 263 g/mol. The van der Waals surface area contributed by atoms with E-state index in [1.54, 1.807) is 0 Å². The lowest BCUT2D eigenvalue weighted by molar-refractivity contribution is -0.196. The number of halogens is 1. The fourth-order valence-corrected chi connectivity index (χ4v) is 2.58. The molecule has 82 valence electrons. The molecule has 1 aliphatic heterocycles. The van der Waals surface area contributed by atoms with E-state index in [2.05, 4.69) is 29.8 Å². The predicted molar refractivity (Wildman–Crippen MR) is 59.6 cm³/mol. The van der Waals surface area contributed by atoms with Gasteiger partial charge in [0.2, 0.25) is 0 Å². The molecule has 1 saturated heterocycles. The molecule has 0 aromatic rings. The lowest BCUT2D eigenvalue weighted by atomic mass is 9.75. The van der Waals surface area contributed by atoms with Crippen LogP contribution >= 0.6 is 15.9 Å². The summed E-state index contributed by atoms with van der Waals surface area (Å²) in [5.41, 5.74) is 0.477. The van der Waals surface area contributed by atoms with Gasteiger partial charge in [0, 0.05) is 18.2 Å². The molecule has 14 heavy (non-hydrogen) atoms. The van der Waals surface area contributed by atoms with Crippen molar-refractivity contribution in [1.29, 1.82) is 0 Å². The molecule has 2 nitrogen and oxygen atoms in total. The first-order chi connectivity index (χ1) is 6.55. The van der Waals surface area contributed by atoms with E-state index in [1.165, 1.54) is 12.8 Å². The third-order valence-corrected chi connectivity index (χ3v) is 4.17. The molecule has 1 spiro atoms. The molecule has 2 fully saturated rings. The molecule has 0 N–H and O–H groups in total. The van der Waals surface area contributed by atoms with Crippen LogP contribution in [0.5, 0.6) is 0 Å². The smallest absolute Gasteiger partial charge is 0.168 e. The summed E-state index contributed by atoms with van der Waals surface area (Å²) in [6, 6.07) is 0. The standard InChI is InChI=1S/C11H19BrO2/c1-10(2)3-5-11(6-4-10)13-8-9(7-12)14-11/h9H,3-8H2,1-2H3. The minimum Gasteiger partial charge on any atom is -0.347 e. The Bertz CT molecular complexity index is 205. The SMILES string of the molecule is CC1(C)CCC2(CC1)OCC(CBr)O2. The van der Waals surface area contributed by atoms with Crippen LogP contribution < -0.4 is 0 Å². The molecule has 2 rings (SSSR count). The van der Waals surface area contributed by atoms with Crippen molar-refractivity contribution in [3.05, 3.63) is 0 Å². The minimum atomic E-state index is -0.228. The van der Waals surface area contributed by atoms with Gasteiger partial charge in [-0.15, -0.1) is 0 Å². The second kappa shape index (κ2) is 3.76. The van der Waals surface area contributed by atoms with E-state index in [9.17, 15) is 0 Å². The number of hydrogen-bond acceptors (Lipinski definition) is 2. The van der Waals surface area contributed by atoms with Crippen molar-refractivity contribution in [2.24, 2.45) is 5.41 Å². The largest absolute Gasteiger partial charge is 0.347 e. The first-order valence-corrected chi connectivity index (χ1v) is 6.55. The van der Waals surface area contributed by atoms with Crippen molar-refractivity contribution in [1.82, 2.24) is 0 Å². The van der Waals surface area contributed by atoms with Gasteiger partial charge in [-0.1, -0.05) is 29.8 Å². The topological polar surface area (TPSA) is 18.5 Å². The highest BCUT2D eigenvalue weighted by molar-refractivity contribution is 9.09. The number of hydrogen-bond donors (Lipinski definition) is 0. The third-order valence-electron chi connectivity index (χ3n) is 3.45. The van der Waals surface area contributed by atoms with E-state index in [1.807, 2.05) is 0 Å². The monoisotopic (exact) mass is 262 g/mol. The highest BCUT2D eigenvalue weighted by atomic mass is 79.9. The molecule has 1 aliphatic carbocycles. The molecule has 0 radical (unpaired) electrons. The molecule has 0 bridgehead atoms. The van der Waals surface area contributed by atoms with Gasteiger partial charge in [0.25, 0.3) is 0 Å². The van der Waals surface area contributed by atoms with Gasteiger partial charge < -0.3 is 9.47 Å². The van der Waals surface area contributed by atoms with Crippen molar-refractivity contribution >= 4 is 15.9 Å². The van der Waals surface area contributed by atoms with Crippen LogP contribution in [0.2, 0.25) is 0 Å². The molecule has 0 amide bonds. The van der Waals surface area contributed by atoms with Gasteiger partial charge in [-0.2, -0.15) is 0 Å². The Balaban J connectivity index is 1.94. The van der Waals surface area contributed by atoms with Gasteiger partial charge in [-0.25, -0.2) is 0 Å². The zero-order valence-electron chi connectivity index (χ0n) is 9.01. The molecule has 3 heteroatoms. The normalized spacial score (nSPS) is 34.9. The first kappa shape index (κ1) is 10.9. The summed E-state index contributed by atoms with van der Waals surface area (Å²) in [6.45, 7) is 5.42. The Morgan fingerprint density at radius 3 is 2.36 bits per heavy atom. The first-order valence-electron chi connectivity index (χ1n) is 5.43. The highest BCUT2D eigenvalue weighted by Crippen LogP contribution is 2.45. The molecule has 0 aromatic carbocycles. The van der Waals surface area contributed by atoms with Crippen LogP contribution in [0, 0.1) is 5.41 Å². The Morgan fingerprint density at radius 1 is 1.21 bits per heavy atom. The Kier molecular flexibility index (Phi) is 2.93. The number of alkyl halides is 1. The summed E-state index contributed by atoms with van der Waals surface area (Å²) in [6.07, 6.45) is 4.80. The number of ether oxygens (including phenoxy) is 2. The lowest BCUT2D eigenvalue weighted by Gasteiger charge is -2.39. The van der Waals surface area contributed by atoms with Gasteiger partial charge in [0.05, 0.1) is 12.7 Å². The molecular weight excluding hydrogens is 244 g/mol. The van der Waals surface area contributed by atoms with Gasteiger partial charge in [0.15, 0.2) is 5.79 Å². The quantitative estimate of drug-likeness (QED) is 0.677. The second-order valence-corrected chi connectivity index (χ2v) is 5.93. The van der Waals surface area contributed by atoms with Crippen LogP contribution in [0.4, 0.5) is 0 Å². The zero-order valence-corrected chi connectivity index (χ0v) is 10.6. The second-order valence-electron chi connectivity index (χ2n) is 5.28. The maximum Gasteiger partial charge on any atom is 0.168 e. The third kappa shape index (κ3) is 2.15. The predicted octanol–water partition coefficient (Wildman–Crippen LogP) is 3.09. The Hall–Kier alpha value is 0.400. The van der Waals surface area contributed by atoms with Crippen LogP contribution in [0.25, 0.3) is 0 Å². The molecule has 1 unspecified atom stereocenters. The van der Waals surface area contributed by atoms with Gasteiger partial charge >= 0.3 is 0 Å². The Labute approximate surface area is 94.5 Å². The van der Waals surface area contributed by atoms with Crippen molar-refractivity contribution in [2.45, 2.75) is 51.4 Å². The van der Waals surface area contributed by atoms with E-state index in [-0.39, 0.29) is 11.9 Å². The van der Waals surface area contributed by atoms with E-state index in [0.29, 0.717) is 5.41 Å². The molecular formula is C11H19BrO2. The fourth-order valence-electron chi connectivity index (χ4n) is 2.26. The van der Waals surface area contributed by atoms with Gasteiger partial charge in [0.1, 0.15) is 0 Å². The fraction of sp³-hybridized carbons (Fsp3) is 1.00. The maximum atomic E-state index is 5.96. The van der Waals surface area contributed by atoms with E-state index in [4.69, 9.17) is 9.47 Å². The van der Waals surface area contributed by atoms with Crippen molar-refractivity contribution in [3.8, 4) is 0 Å². The summed E-state index contributed by atoms with van der Waals surface area (Å²) < 4.78 is 11.8. The molecule has 0 aromatic heterocycles. The summed E-state index contributed by atoms with van der Waals surface area (Å²) in [4.78, 5) is 0. The van der Waals surface area contributed by atoms with Crippen LogP contribution in [-0.2, 0) is 9.47 Å². The lowest BCUT2D eigenvalue weighted by Crippen LogP contribution is -2.38. The number of rotatable bonds is 1. The van der Waals surface area contributed by atoms with E-state index in [0.717, 1.165) is 24.8 Å². The van der Waals surface area contributed by atoms with Crippen LogP contribution in [0.1, 0.15) is 39.5 Å².